The van der Waals surface area contributed by atoms with E-state index in [0.717, 1.165) is 12.1 Å². The van der Waals surface area contributed by atoms with E-state index in [1.165, 1.54) is 36.2 Å². The predicted molar refractivity (Wildman–Crippen MR) is 72.9 cm³/mol. The Hall–Kier alpha value is -2.28. The molecule has 0 saturated heterocycles. The van der Waals surface area contributed by atoms with Crippen molar-refractivity contribution in [1.29, 1.82) is 0 Å². The minimum Gasteiger partial charge on any atom is -0.410 e. The highest BCUT2D eigenvalue weighted by Crippen LogP contribution is 2.12. The first kappa shape index (κ1) is 14.1. The largest absolute Gasteiger partial charge is 0.410 e. The zero-order valence-corrected chi connectivity index (χ0v) is 11.3. The van der Waals surface area contributed by atoms with Crippen LogP contribution in [-0.2, 0) is 0 Å². The van der Waals surface area contributed by atoms with Gasteiger partial charge < -0.3 is 5.21 Å². The molecule has 1 heterocycles. The zero-order chi connectivity index (χ0) is 14.5. The van der Waals surface area contributed by atoms with Crippen LogP contribution >= 0.6 is 11.8 Å². The molecule has 0 aliphatic rings. The predicted octanol–water partition coefficient (Wildman–Crippen LogP) is 2.40. The molecule has 2 rings (SSSR count). The molecule has 1 N–H and O–H groups in total. The fraction of sp³-hybridized carbons (Fsp3) is 0.0769. The Morgan fingerprint density at radius 2 is 2.00 bits per heavy atom. The monoisotopic (exact) mass is 291 g/mol. The SMILES string of the molecule is CSc1nccc(C(=NO)C(=O)c2ccc(F)cc2)n1. The van der Waals surface area contributed by atoms with Crippen molar-refractivity contribution in [1.82, 2.24) is 9.97 Å². The van der Waals surface area contributed by atoms with Crippen LogP contribution in [0.25, 0.3) is 0 Å². The van der Waals surface area contributed by atoms with E-state index in [9.17, 15) is 9.18 Å². The van der Waals surface area contributed by atoms with E-state index in [1.807, 2.05) is 0 Å². The van der Waals surface area contributed by atoms with Gasteiger partial charge in [-0.2, -0.15) is 0 Å². The van der Waals surface area contributed by atoms with Gasteiger partial charge in [-0.05, 0) is 36.6 Å². The molecular weight excluding hydrogens is 281 g/mol. The number of halogens is 1. The summed E-state index contributed by atoms with van der Waals surface area (Å²) in [5.74, 6) is -0.992. The summed E-state index contributed by atoms with van der Waals surface area (Å²) in [7, 11) is 0. The van der Waals surface area contributed by atoms with Gasteiger partial charge in [0.05, 0.1) is 0 Å². The van der Waals surface area contributed by atoms with Crippen LogP contribution in [0.15, 0.2) is 46.8 Å². The van der Waals surface area contributed by atoms with E-state index in [4.69, 9.17) is 5.21 Å². The third-order valence-electron chi connectivity index (χ3n) is 2.48. The van der Waals surface area contributed by atoms with Crippen LogP contribution in [0.1, 0.15) is 16.1 Å². The van der Waals surface area contributed by atoms with Gasteiger partial charge >= 0.3 is 0 Å². The minimum atomic E-state index is -0.543. The number of rotatable bonds is 4. The highest BCUT2D eigenvalue weighted by molar-refractivity contribution is 7.98. The lowest BCUT2D eigenvalue weighted by molar-refractivity contribution is 0.106. The van der Waals surface area contributed by atoms with Gasteiger partial charge in [0.15, 0.2) is 10.9 Å². The van der Waals surface area contributed by atoms with E-state index < -0.39 is 11.6 Å². The molecule has 2 aromatic rings. The lowest BCUT2D eigenvalue weighted by Gasteiger charge is -2.04. The zero-order valence-electron chi connectivity index (χ0n) is 10.4. The number of carbonyl (C=O) groups is 1. The van der Waals surface area contributed by atoms with Gasteiger partial charge in [0.1, 0.15) is 11.5 Å². The van der Waals surface area contributed by atoms with Crippen molar-refractivity contribution >= 4 is 23.3 Å². The Labute approximate surface area is 118 Å². The number of aromatic nitrogens is 2. The van der Waals surface area contributed by atoms with Gasteiger partial charge in [0.25, 0.3) is 0 Å². The van der Waals surface area contributed by atoms with Crippen molar-refractivity contribution in [3.63, 3.8) is 0 Å². The number of thioether (sulfide) groups is 1. The molecule has 0 aliphatic heterocycles. The summed E-state index contributed by atoms with van der Waals surface area (Å²) in [5, 5.41) is 12.5. The van der Waals surface area contributed by atoms with E-state index in [1.54, 1.807) is 6.26 Å². The van der Waals surface area contributed by atoms with Gasteiger partial charge in [-0.25, -0.2) is 14.4 Å². The minimum absolute atomic E-state index is 0.209. The van der Waals surface area contributed by atoms with Crippen LogP contribution in [-0.4, -0.2) is 32.9 Å². The first-order chi connectivity index (χ1) is 9.65. The number of ketones is 1. The topological polar surface area (TPSA) is 75.4 Å². The molecule has 0 bridgehead atoms. The Balaban J connectivity index is 2.37. The first-order valence-corrected chi connectivity index (χ1v) is 6.78. The van der Waals surface area contributed by atoms with Crippen LogP contribution in [0.4, 0.5) is 4.39 Å². The molecule has 7 heteroatoms. The highest BCUT2D eigenvalue weighted by Gasteiger charge is 2.19. The molecule has 1 aromatic heterocycles. The molecule has 0 fully saturated rings. The fourth-order valence-corrected chi connectivity index (χ4v) is 1.88. The molecule has 0 unspecified atom stereocenters. The van der Waals surface area contributed by atoms with Crippen LogP contribution in [0.2, 0.25) is 0 Å². The first-order valence-electron chi connectivity index (χ1n) is 5.55. The molecule has 0 aliphatic carbocycles. The number of oxime groups is 1. The van der Waals surface area contributed by atoms with Crippen LogP contribution < -0.4 is 0 Å². The maximum absolute atomic E-state index is 12.8. The summed E-state index contributed by atoms with van der Waals surface area (Å²) in [6.07, 6.45) is 3.26. The summed E-state index contributed by atoms with van der Waals surface area (Å²) in [4.78, 5) is 20.3. The molecule has 5 nitrogen and oxygen atoms in total. The van der Waals surface area contributed by atoms with Crippen LogP contribution in [0.3, 0.4) is 0 Å². The van der Waals surface area contributed by atoms with Gasteiger partial charge in [-0.1, -0.05) is 16.9 Å². The Morgan fingerprint density at radius 1 is 1.30 bits per heavy atom. The van der Waals surface area contributed by atoms with Gasteiger partial charge in [0, 0.05) is 11.8 Å². The van der Waals surface area contributed by atoms with E-state index in [-0.39, 0.29) is 17.0 Å². The lowest BCUT2D eigenvalue weighted by Crippen LogP contribution is -2.18. The normalized spacial score (nSPS) is 11.4. The third kappa shape index (κ3) is 3.00. The third-order valence-corrected chi connectivity index (χ3v) is 3.04. The standard InChI is InChI=1S/C13H10FN3O2S/c1-20-13-15-7-6-10(16-13)11(17-19)12(18)8-2-4-9(14)5-3-8/h2-7,19H,1H3. The smallest absolute Gasteiger partial charge is 0.216 e. The Kier molecular flexibility index (Phi) is 4.41. The Bertz CT molecular complexity index is 659. The van der Waals surface area contributed by atoms with Crippen molar-refractivity contribution in [2.45, 2.75) is 5.16 Å². The Morgan fingerprint density at radius 3 is 2.60 bits per heavy atom. The lowest BCUT2D eigenvalue weighted by atomic mass is 10.0. The van der Waals surface area contributed by atoms with Crippen molar-refractivity contribution in [3.8, 4) is 0 Å². The molecule has 20 heavy (non-hydrogen) atoms. The molecule has 102 valence electrons. The van der Waals surface area contributed by atoms with E-state index in [2.05, 4.69) is 15.1 Å². The van der Waals surface area contributed by atoms with Crippen LogP contribution in [0.5, 0.6) is 0 Å². The van der Waals surface area contributed by atoms with Gasteiger partial charge in [0.2, 0.25) is 5.78 Å². The summed E-state index contributed by atoms with van der Waals surface area (Å²) in [6.45, 7) is 0. The molecule has 0 saturated carbocycles. The van der Waals surface area contributed by atoms with Crippen molar-refractivity contribution < 1.29 is 14.4 Å². The maximum Gasteiger partial charge on any atom is 0.216 e. The number of carbonyl (C=O) groups excluding carboxylic acids is 1. The van der Waals surface area contributed by atoms with E-state index >= 15 is 0 Å². The summed E-state index contributed by atoms with van der Waals surface area (Å²) >= 11 is 1.30. The molecule has 0 radical (unpaired) electrons. The number of hydrogen-bond acceptors (Lipinski definition) is 6. The molecule has 1 aromatic carbocycles. The highest BCUT2D eigenvalue weighted by atomic mass is 32.2. The molecule has 0 atom stereocenters. The number of hydrogen-bond donors (Lipinski definition) is 1. The maximum atomic E-state index is 12.8. The van der Waals surface area contributed by atoms with Gasteiger partial charge in [-0.3, -0.25) is 4.79 Å². The average molecular weight is 291 g/mol. The summed E-state index contributed by atoms with van der Waals surface area (Å²) < 4.78 is 12.8. The van der Waals surface area contributed by atoms with Gasteiger partial charge in [-0.15, -0.1) is 0 Å². The van der Waals surface area contributed by atoms with E-state index in [0.29, 0.717) is 5.16 Å². The summed E-state index contributed by atoms with van der Waals surface area (Å²) in [6, 6.07) is 6.43. The molecule has 0 spiro atoms. The quantitative estimate of drug-likeness (QED) is 0.234. The second kappa shape index (κ2) is 6.25. The molecular formula is C13H10FN3O2S. The average Bonchev–Trinajstić information content (AvgIpc) is 2.49. The van der Waals surface area contributed by atoms with Crippen molar-refractivity contribution in [3.05, 3.63) is 53.6 Å². The second-order valence-electron chi connectivity index (χ2n) is 3.71. The number of benzene rings is 1. The number of Topliss-reactive ketones (excluding diaryl/α,β-unsaturated/α-hetero) is 1. The summed E-state index contributed by atoms with van der Waals surface area (Å²) in [5.41, 5.74) is 0.207. The second-order valence-corrected chi connectivity index (χ2v) is 4.49. The number of nitrogens with zero attached hydrogens (tertiary/aromatic N) is 3. The van der Waals surface area contributed by atoms with Crippen molar-refractivity contribution in [2.24, 2.45) is 5.16 Å². The van der Waals surface area contributed by atoms with Crippen LogP contribution in [0, 0.1) is 5.82 Å². The van der Waals surface area contributed by atoms with Crippen molar-refractivity contribution in [2.75, 3.05) is 6.26 Å². The fourth-order valence-electron chi connectivity index (χ4n) is 1.52. The molecule has 0 amide bonds.